The fourth-order valence-corrected chi connectivity index (χ4v) is 1.15. The first-order chi connectivity index (χ1) is 5.65. The van der Waals surface area contributed by atoms with Crippen molar-refractivity contribution in [1.82, 2.24) is 0 Å². The van der Waals surface area contributed by atoms with Crippen LogP contribution in [-0.4, -0.2) is 11.7 Å². The molecule has 0 heterocycles. The molecular weight excluding hydrogens is 174 g/mol. The molecule has 0 fully saturated rings. The standard InChI is InChI=1S/C9H10ClNO/c1-6-2-3-7(8(11)4-6)9(12)5-10/h2-4H,5,11H2,1H3. The third-order valence-corrected chi connectivity index (χ3v) is 1.87. The van der Waals surface area contributed by atoms with Gasteiger partial charge in [0.2, 0.25) is 0 Å². The Morgan fingerprint density at radius 3 is 2.75 bits per heavy atom. The van der Waals surface area contributed by atoms with Crippen molar-refractivity contribution in [3.05, 3.63) is 29.3 Å². The summed E-state index contributed by atoms with van der Waals surface area (Å²) in [5.74, 6) is -0.151. The largest absolute Gasteiger partial charge is 0.398 e. The maximum Gasteiger partial charge on any atom is 0.179 e. The smallest absolute Gasteiger partial charge is 0.179 e. The molecule has 0 saturated carbocycles. The zero-order valence-electron chi connectivity index (χ0n) is 6.80. The highest BCUT2D eigenvalue weighted by molar-refractivity contribution is 6.31. The van der Waals surface area contributed by atoms with Crippen LogP contribution in [0, 0.1) is 6.92 Å². The molecule has 0 aliphatic rings. The van der Waals surface area contributed by atoms with Crippen molar-refractivity contribution in [3.8, 4) is 0 Å². The number of carbonyl (C=O) groups is 1. The summed E-state index contributed by atoms with van der Waals surface area (Å²) in [6, 6.07) is 5.31. The first-order valence-corrected chi connectivity index (χ1v) is 4.14. The van der Waals surface area contributed by atoms with Gasteiger partial charge in [-0.15, -0.1) is 11.6 Å². The van der Waals surface area contributed by atoms with Crippen molar-refractivity contribution in [3.63, 3.8) is 0 Å². The van der Waals surface area contributed by atoms with E-state index in [4.69, 9.17) is 17.3 Å². The van der Waals surface area contributed by atoms with E-state index in [1.54, 1.807) is 12.1 Å². The number of hydrogen-bond donors (Lipinski definition) is 1. The Kier molecular flexibility index (Phi) is 2.71. The van der Waals surface area contributed by atoms with Crippen molar-refractivity contribution in [2.24, 2.45) is 0 Å². The number of carbonyl (C=O) groups excluding carboxylic acids is 1. The van der Waals surface area contributed by atoms with E-state index in [-0.39, 0.29) is 11.7 Å². The average Bonchev–Trinajstić information content (AvgIpc) is 2.03. The highest BCUT2D eigenvalue weighted by Crippen LogP contribution is 2.14. The third-order valence-electron chi connectivity index (χ3n) is 1.63. The van der Waals surface area contributed by atoms with Crippen molar-refractivity contribution in [2.75, 3.05) is 11.6 Å². The van der Waals surface area contributed by atoms with Crippen LogP contribution in [-0.2, 0) is 0 Å². The van der Waals surface area contributed by atoms with Gasteiger partial charge in [0.15, 0.2) is 5.78 Å². The SMILES string of the molecule is Cc1ccc(C(=O)CCl)c(N)c1. The minimum Gasteiger partial charge on any atom is -0.398 e. The Bertz CT molecular complexity index is 309. The van der Waals surface area contributed by atoms with E-state index in [9.17, 15) is 4.79 Å². The normalized spacial score (nSPS) is 9.83. The summed E-state index contributed by atoms with van der Waals surface area (Å²) in [7, 11) is 0. The van der Waals surface area contributed by atoms with Gasteiger partial charge in [-0.3, -0.25) is 4.79 Å². The number of ketones is 1. The van der Waals surface area contributed by atoms with Crippen LogP contribution in [0.4, 0.5) is 5.69 Å². The second-order valence-electron chi connectivity index (χ2n) is 2.65. The number of anilines is 1. The average molecular weight is 184 g/mol. The summed E-state index contributed by atoms with van der Waals surface area (Å²) >= 11 is 5.39. The molecule has 0 aliphatic carbocycles. The molecule has 0 bridgehead atoms. The maximum absolute atomic E-state index is 11.1. The fourth-order valence-electron chi connectivity index (χ4n) is 1.01. The molecule has 12 heavy (non-hydrogen) atoms. The van der Waals surface area contributed by atoms with E-state index in [1.807, 2.05) is 13.0 Å². The molecule has 0 spiro atoms. The van der Waals surface area contributed by atoms with E-state index in [2.05, 4.69) is 0 Å². The minimum absolute atomic E-state index is 0.0206. The molecule has 0 aromatic heterocycles. The lowest BCUT2D eigenvalue weighted by molar-refractivity contribution is 0.102. The van der Waals surface area contributed by atoms with Crippen molar-refractivity contribution in [2.45, 2.75) is 6.92 Å². The summed E-state index contributed by atoms with van der Waals surface area (Å²) in [5.41, 5.74) is 7.67. The van der Waals surface area contributed by atoms with Crippen LogP contribution in [0.5, 0.6) is 0 Å². The number of benzene rings is 1. The number of nitrogens with two attached hydrogens (primary N) is 1. The van der Waals surface area contributed by atoms with E-state index >= 15 is 0 Å². The van der Waals surface area contributed by atoms with E-state index < -0.39 is 0 Å². The number of alkyl halides is 1. The Morgan fingerprint density at radius 1 is 1.58 bits per heavy atom. The first kappa shape index (κ1) is 9.07. The summed E-state index contributed by atoms with van der Waals surface area (Å²) in [4.78, 5) is 11.1. The van der Waals surface area contributed by atoms with Gasteiger partial charge in [0, 0.05) is 11.3 Å². The second-order valence-corrected chi connectivity index (χ2v) is 2.91. The fraction of sp³-hybridized carbons (Fsp3) is 0.222. The van der Waals surface area contributed by atoms with Gasteiger partial charge in [0.1, 0.15) is 0 Å². The van der Waals surface area contributed by atoms with Crippen LogP contribution in [0.25, 0.3) is 0 Å². The first-order valence-electron chi connectivity index (χ1n) is 3.60. The van der Waals surface area contributed by atoms with Crippen LogP contribution in [0.2, 0.25) is 0 Å². The molecule has 0 saturated heterocycles. The molecule has 0 radical (unpaired) electrons. The van der Waals surface area contributed by atoms with E-state index in [0.717, 1.165) is 5.56 Å². The monoisotopic (exact) mass is 183 g/mol. The highest BCUT2D eigenvalue weighted by Gasteiger charge is 2.07. The van der Waals surface area contributed by atoms with Gasteiger partial charge in [-0.25, -0.2) is 0 Å². The number of aryl methyl sites for hydroxylation is 1. The van der Waals surface area contributed by atoms with Gasteiger partial charge < -0.3 is 5.73 Å². The molecule has 3 heteroatoms. The number of nitrogen functional groups attached to an aromatic ring is 1. The lowest BCUT2D eigenvalue weighted by Gasteiger charge is -2.02. The van der Waals surface area contributed by atoms with Crippen LogP contribution in [0.1, 0.15) is 15.9 Å². The van der Waals surface area contributed by atoms with Gasteiger partial charge in [0.05, 0.1) is 5.88 Å². The van der Waals surface area contributed by atoms with E-state index in [0.29, 0.717) is 11.3 Å². The molecular formula is C9H10ClNO. The molecule has 0 amide bonds. The van der Waals surface area contributed by atoms with Crippen LogP contribution >= 0.6 is 11.6 Å². The number of halogens is 1. The molecule has 2 nitrogen and oxygen atoms in total. The van der Waals surface area contributed by atoms with Crippen LogP contribution < -0.4 is 5.73 Å². The Morgan fingerprint density at radius 2 is 2.25 bits per heavy atom. The summed E-state index contributed by atoms with van der Waals surface area (Å²) < 4.78 is 0. The van der Waals surface area contributed by atoms with Crippen LogP contribution in [0.15, 0.2) is 18.2 Å². The van der Waals surface area contributed by atoms with Gasteiger partial charge in [0.25, 0.3) is 0 Å². The maximum atomic E-state index is 11.1. The number of Topliss-reactive ketones (excluding diaryl/α,β-unsaturated/α-hetero) is 1. The second kappa shape index (κ2) is 3.59. The molecule has 0 aliphatic heterocycles. The zero-order valence-corrected chi connectivity index (χ0v) is 7.56. The predicted octanol–water partition coefficient (Wildman–Crippen LogP) is 2.00. The van der Waals surface area contributed by atoms with Crippen LogP contribution in [0.3, 0.4) is 0 Å². The van der Waals surface area contributed by atoms with Crippen molar-refractivity contribution in [1.29, 1.82) is 0 Å². The number of hydrogen-bond acceptors (Lipinski definition) is 2. The molecule has 0 atom stereocenters. The number of rotatable bonds is 2. The molecule has 1 rings (SSSR count). The highest BCUT2D eigenvalue weighted by atomic mass is 35.5. The Hall–Kier alpha value is -1.02. The third kappa shape index (κ3) is 1.77. The summed E-state index contributed by atoms with van der Waals surface area (Å²) in [5, 5.41) is 0. The molecule has 64 valence electrons. The Labute approximate surface area is 76.3 Å². The van der Waals surface area contributed by atoms with E-state index in [1.165, 1.54) is 0 Å². The quantitative estimate of drug-likeness (QED) is 0.433. The minimum atomic E-state index is -0.130. The molecule has 2 N–H and O–H groups in total. The Balaban J connectivity index is 3.09. The lowest BCUT2D eigenvalue weighted by atomic mass is 10.1. The lowest BCUT2D eigenvalue weighted by Crippen LogP contribution is -2.04. The van der Waals surface area contributed by atoms with Gasteiger partial charge in [-0.05, 0) is 24.6 Å². The van der Waals surface area contributed by atoms with Gasteiger partial charge >= 0.3 is 0 Å². The van der Waals surface area contributed by atoms with Gasteiger partial charge in [-0.1, -0.05) is 6.07 Å². The summed E-state index contributed by atoms with van der Waals surface area (Å²) in [6.45, 7) is 1.92. The zero-order chi connectivity index (χ0) is 9.14. The topological polar surface area (TPSA) is 43.1 Å². The molecule has 1 aromatic rings. The summed E-state index contributed by atoms with van der Waals surface area (Å²) in [6.07, 6.45) is 0. The van der Waals surface area contributed by atoms with Crippen molar-refractivity contribution < 1.29 is 4.79 Å². The van der Waals surface area contributed by atoms with Gasteiger partial charge in [-0.2, -0.15) is 0 Å². The molecule has 0 unspecified atom stereocenters. The van der Waals surface area contributed by atoms with Crippen molar-refractivity contribution >= 4 is 23.1 Å². The predicted molar refractivity (Wildman–Crippen MR) is 50.6 cm³/mol. The molecule has 1 aromatic carbocycles.